The van der Waals surface area contributed by atoms with Gasteiger partial charge in [0.05, 0.1) is 0 Å². The van der Waals surface area contributed by atoms with Crippen LogP contribution in [0.15, 0.2) is 66.7 Å². The van der Waals surface area contributed by atoms with Gasteiger partial charge in [-0.05, 0) is 80.0 Å². The van der Waals surface area contributed by atoms with Crippen LogP contribution < -0.4 is 4.90 Å². The molecule has 0 aliphatic carbocycles. The molecule has 0 spiro atoms. The summed E-state index contributed by atoms with van der Waals surface area (Å²) in [6, 6.07) is 20.0. The maximum atomic E-state index is 14.2. The number of rotatable bonds is 3. The smallest absolute Gasteiger partial charge is 0.259 e. The van der Waals surface area contributed by atoms with Crippen LogP contribution in [-0.4, -0.2) is 37.0 Å². The Kier molecular flexibility index (Phi) is 5.81. The molecule has 1 fully saturated rings. The van der Waals surface area contributed by atoms with E-state index in [9.17, 15) is 9.18 Å². The maximum absolute atomic E-state index is 14.2. The molecular formula is C28H26ClFN2O. The number of anilines is 1. The molecule has 5 rings (SSSR count). The quantitative estimate of drug-likeness (QED) is 0.345. The van der Waals surface area contributed by atoms with Crippen LogP contribution >= 0.6 is 11.6 Å². The summed E-state index contributed by atoms with van der Waals surface area (Å²) in [7, 11) is 2.14. The van der Waals surface area contributed by atoms with Crippen molar-refractivity contribution in [2.24, 2.45) is 0 Å². The van der Waals surface area contributed by atoms with E-state index in [0.29, 0.717) is 16.2 Å². The van der Waals surface area contributed by atoms with Gasteiger partial charge < -0.3 is 9.80 Å². The van der Waals surface area contributed by atoms with E-state index in [-0.39, 0.29) is 23.7 Å². The SMILES string of the molecule is Cc1ccc2c(c1)[C@@H]1CN(C)CC[C@H]1N2C(=O)/C(=C\c1ccc(Cl)cc1)c1ccc(F)cc1. The number of hydrogen-bond donors (Lipinski definition) is 0. The third-order valence-electron chi connectivity index (χ3n) is 6.74. The van der Waals surface area contributed by atoms with Gasteiger partial charge in [-0.2, -0.15) is 0 Å². The first kappa shape index (κ1) is 21.9. The van der Waals surface area contributed by atoms with Crippen molar-refractivity contribution in [1.29, 1.82) is 0 Å². The summed E-state index contributed by atoms with van der Waals surface area (Å²) in [6.07, 6.45) is 2.79. The van der Waals surface area contributed by atoms with Crippen molar-refractivity contribution < 1.29 is 9.18 Å². The van der Waals surface area contributed by atoms with Crippen molar-refractivity contribution in [2.75, 3.05) is 25.0 Å². The summed E-state index contributed by atoms with van der Waals surface area (Å²) >= 11 is 6.06. The van der Waals surface area contributed by atoms with Crippen molar-refractivity contribution in [1.82, 2.24) is 4.90 Å². The molecule has 2 aliphatic rings. The number of fused-ring (bicyclic) bond motifs is 3. The number of hydrogen-bond acceptors (Lipinski definition) is 2. The molecule has 33 heavy (non-hydrogen) atoms. The number of aryl methyl sites for hydroxylation is 1. The van der Waals surface area contributed by atoms with Gasteiger partial charge in [-0.15, -0.1) is 0 Å². The lowest BCUT2D eigenvalue weighted by Gasteiger charge is -2.36. The second-order valence-corrected chi connectivity index (χ2v) is 9.52. The number of halogens is 2. The molecule has 0 unspecified atom stereocenters. The minimum atomic E-state index is -0.325. The lowest BCUT2D eigenvalue weighted by molar-refractivity contribution is -0.113. The standard InChI is InChI=1S/C28H26ClFN2O/c1-18-3-12-26-24(15-18)25-17-31(2)14-13-27(25)32(26)28(33)23(20-6-10-22(30)11-7-20)16-19-4-8-21(29)9-5-19/h3-12,15-16,25,27H,13-14,17H2,1-2H3/b23-16-/t25-,27+/m0/s1. The average Bonchev–Trinajstić information content (AvgIpc) is 3.12. The second-order valence-electron chi connectivity index (χ2n) is 9.08. The fourth-order valence-electron chi connectivity index (χ4n) is 5.10. The van der Waals surface area contributed by atoms with Crippen LogP contribution in [0.2, 0.25) is 5.02 Å². The molecule has 3 aromatic carbocycles. The third kappa shape index (κ3) is 4.21. The van der Waals surface area contributed by atoms with Crippen molar-refractivity contribution in [2.45, 2.75) is 25.3 Å². The maximum Gasteiger partial charge on any atom is 0.259 e. The Morgan fingerprint density at radius 2 is 1.79 bits per heavy atom. The van der Waals surface area contributed by atoms with Crippen molar-refractivity contribution in [3.8, 4) is 0 Å². The summed E-state index contributed by atoms with van der Waals surface area (Å²) in [4.78, 5) is 18.5. The zero-order chi connectivity index (χ0) is 23.1. The van der Waals surface area contributed by atoms with Crippen molar-refractivity contribution >= 4 is 34.8 Å². The van der Waals surface area contributed by atoms with E-state index in [2.05, 4.69) is 37.1 Å². The van der Waals surface area contributed by atoms with Gasteiger partial charge in [-0.3, -0.25) is 4.79 Å². The zero-order valence-corrected chi connectivity index (χ0v) is 19.5. The van der Waals surface area contributed by atoms with Crippen LogP contribution in [0.1, 0.15) is 34.6 Å². The molecule has 2 heterocycles. The van der Waals surface area contributed by atoms with Crippen molar-refractivity contribution in [3.05, 3.63) is 99.8 Å². The number of likely N-dealkylation sites (tertiary alicyclic amines) is 1. The van der Waals surface area contributed by atoms with Crippen LogP contribution in [0.4, 0.5) is 10.1 Å². The number of nitrogens with zero attached hydrogens (tertiary/aromatic N) is 2. The van der Waals surface area contributed by atoms with Crippen LogP contribution in [0.5, 0.6) is 0 Å². The number of amides is 1. The Morgan fingerprint density at radius 1 is 1.06 bits per heavy atom. The van der Waals surface area contributed by atoms with E-state index in [1.54, 1.807) is 24.3 Å². The molecule has 1 amide bonds. The number of carbonyl (C=O) groups is 1. The van der Waals surface area contributed by atoms with Gasteiger partial charge in [0.15, 0.2) is 0 Å². The monoisotopic (exact) mass is 460 g/mol. The van der Waals surface area contributed by atoms with Gasteiger partial charge in [0, 0.05) is 34.8 Å². The molecule has 0 saturated carbocycles. The summed E-state index contributed by atoms with van der Waals surface area (Å²) in [5.74, 6) is -0.0965. The minimum absolute atomic E-state index is 0.0567. The summed E-state index contributed by atoms with van der Waals surface area (Å²) in [5, 5.41) is 0.639. The Hall–Kier alpha value is -2.95. The molecule has 1 saturated heterocycles. The Morgan fingerprint density at radius 3 is 2.52 bits per heavy atom. The zero-order valence-electron chi connectivity index (χ0n) is 18.8. The molecule has 5 heteroatoms. The largest absolute Gasteiger partial charge is 0.306 e. The average molecular weight is 461 g/mol. The van der Waals surface area contributed by atoms with Crippen LogP contribution in [0, 0.1) is 12.7 Å². The summed E-state index contributed by atoms with van der Waals surface area (Å²) in [6.45, 7) is 3.97. The lowest BCUT2D eigenvalue weighted by Crippen LogP contribution is -2.47. The summed E-state index contributed by atoms with van der Waals surface area (Å²) in [5.41, 5.74) is 5.54. The predicted octanol–water partition coefficient (Wildman–Crippen LogP) is 6.16. The Labute approximate surface area is 199 Å². The molecule has 3 aromatic rings. The molecule has 168 valence electrons. The highest BCUT2D eigenvalue weighted by molar-refractivity contribution is 6.31. The van der Waals surface area contributed by atoms with Gasteiger partial charge in [0.25, 0.3) is 5.91 Å². The third-order valence-corrected chi connectivity index (χ3v) is 6.99. The fraction of sp³-hybridized carbons (Fsp3) is 0.250. The van der Waals surface area contributed by atoms with E-state index < -0.39 is 0 Å². The van der Waals surface area contributed by atoms with E-state index in [4.69, 9.17) is 11.6 Å². The summed E-state index contributed by atoms with van der Waals surface area (Å²) < 4.78 is 13.7. The molecule has 3 nitrogen and oxygen atoms in total. The normalized spacial score (nSPS) is 20.5. The first-order valence-electron chi connectivity index (χ1n) is 11.3. The first-order chi connectivity index (χ1) is 15.9. The van der Waals surface area contributed by atoms with Crippen LogP contribution in [0.3, 0.4) is 0 Å². The van der Waals surface area contributed by atoms with Crippen molar-refractivity contribution in [3.63, 3.8) is 0 Å². The Bertz CT molecular complexity index is 1220. The first-order valence-corrected chi connectivity index (χ1v) is 11.6. The number of likely N-dealkylation sites (N-methyl/N-ethyl adjacent to an activating group) is 1. The van der Waals surface area contributed by atoms with E-state index in [1.165, 1.54) is 23.3 Å². The highest BCUT2D eigenvalue weighted by Gasteiger charge is 2.44. The molecule has 0 bridgehead atoms. The van der Waals surface area contributed by atoms with Gasteiger partial charge in [0.1, 0.15) is 5.82 Å². The molecular weight excluding hydrogens is 435 g/mol. The Balaban J connectivity index is 1.62. The predicted molar refractivity (Wildman–Crippen MR) is 133 cm³/mol. The number of carbonyl (C=O) groups excluding carboxylic acids is 1. The van der Waals surface area contributed by atoms with E-state index >= 15 is 0 Å². The molecule has 0 N–H and O–H groups in total. The highest BCUT2D eigenvalue weighted by Crippen LogP contribution is 2.46. The fourth-order valence-corrected chi connectivity index (χ4v) is 5.23. The molecule has 2 atom stereocenters. The van der Waals surface area contributed by atoms with Gasteiger partial charge >= 0.3 is 0 Å². The number of benzene rings is 3. The number of piperidine rings is 1. The molecule has 0 radical (unpaired) electrons. The van der Waals surface area contributed by atoms with E-state index in [0.717, 1.165) is 30.8 Å². The highest BCUT2D eigenvalue weighted by atomic mass is 35.5. The topological polar surface area (TPSA) is 23.6 Å². The van der Waals surface area contributed by atoms with Gasteiger partial charge in [0.2, 0.25) is 0 Å². The lowest BCUT2D eigenvalue weighted by atomic mass is 9.88. The molecule has 0 aromatic heterocycles. The van der Waals surface area contributed by atoms with Crippen LogP contribution in [-0.2, 0) is 4.79 Å². The van der Waals surface area contributed by atoms with Gasteiger partial charge in [-0.25, -0.2) is 4.39 Å². The van der Waals surface area contributed by atoms with Crippen LogP contribution in [0.25, 0.3) is 11.6 Å². The minimum Gasteiger partial charge on any atom is -0.306 e. The second kappa shape index (κ2) is 8.77. The molecule has 2 aliphatic heterocycles. The van der Waals surface area contributed by atoms with Gasteiger partial charge in [-0.1, -0.05) is 53.6 Å². The van der Waals surface area contributed by atoms with E-state index in [1.807, 2.05) is 23.1 Å².